The molecule has 0 aliphatic rings. The zero-order chi connectivity index (χ0) is 25.6. The average Bonchev–Trinajstić information content (AvgIpc) is 3.20. The van der Waals surface area contributed by atoms with E-state index in [4.69, 9.17) is 0 Å². The summed E-state index contributed by atoms with van der Waals surface area (Å²) in [7, 11) is -3.96. The molecule has 0 fully saturated rings. The fourth-order valence-electron chi connectivity index (χ4n) is 3.19. The summed E-state index contributed by atoms with van der Waals surface area (Å²) in [6.07, 6.45) is -7.64. The molecule has 0 spiro atoms. The highest BCUT2D eigenvalue weighted by molar-refractivity contribution is 7.91. The monoisotopic (exact) mass is 516 g/mol. The van der Waals surface area contributed by atoms with Crippen molar-refractivity contribution in [2.75, 3.05) is 5.75 Å². The Balaban J connectivity index is 1.83. The van der Waals surface area contributed by atoms with Gasteiger partial charge in [-0.3, -0.25) is 4.98 Å². The standard InChI is InChI=1S/C21H14F6N4O3S/c1-2-35(32,33)16-9-13(12-4-3-5-15(8-12)34-21(25,26)27)10-28-18(16)19-29-17-7-6-14(20(22,23)24)11-31(17)30-19/h3-11H,2H2,1H3. The molecule has 0 bridgehead atoms. The highest BCUT2D eigenvalue weighted by atomic mass is 32.2. The molecule has 3 aromatic heterocycles. The highest BCUT2D eigenvalue weighted by Gasteiger charge is 2.32. The molecule has 14 heteroatoms. The number of alkyl halides is 6. The lowest BCUT2D eigenvalue weighted by Gasteiger charge is -2.12. The van der Waals surface area contributed by atoms with Crippen LogP contribution >= 0.6 is 0 Å². The highest BCUT2D eigenvalue weighted by Crippen LogP contribution is 2.33. The van der Waals surface area contributed by atoms with E-state index >= 15 is 0 Å². The molecule has 0 unspecified atom stereocenters. The predicted octanol–water partition coefficient (Wildman–Crippen LogP) is 5.17. The lowest BCUT2D eigenvalue weighted by molar-refractivity contribution is -0.274. The van der Waals surface area contributed by atoms with Crippen molar-refractivity contribution in [2.24, 2.45) is 0 Å². The van der Waals surface area contributed by atoms with Gasteiger partial charge in [-0.25, -0.2) is 17.9 Å². The maximum absolute atomic E-state index is 13.0. The fourth-order valence-corrected chi connectivity index (χ4v) is 4.24. The number of hydrogen-bond donors (Lipinski definition) is 0. The molecule has 4 aromatic rings. The minimum Gasteiger partial charge on any atom is -0.406 e. The third-order valence-electron chi connectivity index (χ3n) is 4.84. The Labute approximate surface area is 193 Å². The van der Waals surface area contributed by atoms with Crippen molar-refractivity contribution in [1.29, 1.82) is 0 Å². The van der Waals surface area contributed by atoms with Gasteiger partial charge in [-0.2, -0.15) is 13.2 Å². The zero-order valence-electron chi connectivity index (χ0n) is 17.6. The van der Waals surface area contributed by atoms with Crippen molar-refractivity contribution in [3.8, 4) is 28.4 Å². The first-order chi connectivity index (χ1) is 16.3. The van der Waals surface area contributed by atoms with Crippen LogP contribution in [0.2, 0.25) is 0 Å². The molecule has 0 radical (unpaired) electrons. The Bertz CT molecular complexity index is 1510. The van der Waals surface area contributed by atoms with Crippen molar-refractivity contribution in [3.05, 3.63) is 60.4 Å². The van der Waals surface area contributed by atoms with Gasteiger partial charge in [0.15, 0.2) is 15.5 Å². The van der Waals surface area contributed by atoms with Gasteiger partial charge < -0.3 is 4.74 Å². The number of aromatic nitrogens is 4. The van der Waals surface area contributed by atoms with Crippen LogP contribution in [0.25, 0.3) is 28.3 Å². The Morgan fingerprint density at radius 1 is 1.00 bits per heavy atom. The van der Waals surface area contributed by atoms with E-state index < -0.39 is 33.7 Å². The van der Waals surface area contributed by atoms with Crippen LogP contribution in [0, 0.1) is 0 Å². The van der Waals surface area contributed by atoms with E-state index in [0.29, 0.717) is 6.20 Å². The molecule has 0 N–H and O–H groups in total. The van der Waals surface area contributed by atoms with E-state index in [2.05, 4.69) is 19.8 Å². The molecule has 0 saturated carbocycles. The molecule has 7 nitrogen and oxygen atoms in total. The average molecular weight is 516 g/mol. The van der Waals surface area contributed by atoms with Crippen LogP contribution < -0.4 is 4.74 Å². The van der Waals surface area contributed by atoms with Crippen molar-refractivity contribution in [1.82, 2.24) is 19.6 Å². The third kappa shape index (κ3) is 5.21. The van der Waals surface area contributed by atoms with Crippen molar-refractivity contribution >= 4 is 15.5 Å². The first kappa shape index (κ1) is 24.4. The Kier molecular flexibility index (Phi) is 5.95. The number of pyridine rings is 2. The number of benzene rings is 1. The quantitative estimate of drug-likeness (QED) is 0.340. The normalized spacial score (nSPS) is 12.8. The van der Waals surface area contributed by atoms with Gasteiger partial charge in [-0.15, -0.1) is 18.3 Å². The van der Waals surface area contributed by atoms with Crippen molar-refractivity contribution < 1.29 is 39.5 Å². The van der Waals surface area contributed by atoms with Gasteiger partial charge in [0.05, 0.1) is 16.2 Å². The summed E-state index contributed by atoms with van der Waals surface area (Å²) in [5, 5.41) is 3.96. The van der Waals surface area contributed by atoms with E-state index in [1.54, 1.807) is 0 Å². The summed E-state index contributed by atoms with van der Waals surface area (Å²) in [5.74, 6) is -1.10. The maximum atomic E-state index is 13.0. The molecule has 35 heavy (non-hydrogen) atoms. The molecule has 0 amide bonds. The van der Waals surface area contributed by atoms with Gasteiger partial charge in [-0.05, 0) is 35.9 Å². The minimum absolute atomic E-state index is 0.0238. The van der Waals surface area contributed by atoms with Crippen LogP contribution in [0.1, 0.15) is 12.5 Å². The van der Waals surface area contributed by atoms with Gasteiger partial charge in [0, 0.05) is 18.0 Å². The van der Waals surface area contributed by atoms with E-state index in [0.717, 1.165) is 28.8 Å². The number of fused-ring (bicyclic) bond motifs is 1. The lowest BCUT2D eigenvalue weighted by Crippen LogP contribution is -2.17. The number of sulfone groups is 1. The Morgan fingerprint density at radius 3 is 2.40 bits per heavy atom. The third-order valence-corrected chi connectivity index (χ3v) is 6.58. The smallest absolute Gasteiger partial charge is 0.406 e. The van der Waals surface area contributed by atoms with Crippen LogP contribution in [0.15, 0.2) is 59.8 Å². The van der Waals surface area contributed by atoms with E-state index in [1.807, 2.05) is 0 Å². The van der Waals surface area contributed by atoms with Gasteiger partial charge in [0.25, 0.3) is 0 Å². The van der Waals surface area contributed by atoms with Crippen LogP contribution in [0.5, 0.6) is 5.75 Å². The molecule has 184 valence electrons. The number of hydrogen-bond acceptors (Lipinski definition) is 6. The van der Waals surface area contributed by atoms with Crippen molar-refractivity contribution in [2.45, 2.75) is 24.4 Å². The maximum Gasteiger partial charge on any atom is 0.573 e. The summed E-state index contributed by atoms with van der Waals surface area (Å²) in [6, 6.07) is 7.95. The van der Waals surface area contributed by atoms with Crippen molar-refractivity contribution in [3.63, 3.8) is 0 Å². The fraction of sp³-hybridized carbons (Fsp3) is 0.190. The molecular formula is C21H14F6N4O3S. The summed E-state index contributed by atoms with van der Waals surface area (Å²) in [6.45, 7) is 1.37. The van der Waals surface area contributed by atoms with E-state index in [-0.39, 0.29) is 38.9 Å². The summed E-state index contributed by atoms with van der Waals surface area (Å²) >= 11 is 0. The number of nitrogens with zero attached hydrogens (tertiary/aromatic N) is 4. The molecule has 0 saturated heterocycles. The van der Waals surface area contributed by atoms with Crippen LogP contribution in [-0.4, -0.2) is 40.1 Å². The summed E-state index contributed by atoms with van der Waals surface area (Å²) in [5.41, 5.74) is -0.814. The molecule has 1 aromatic carbocycles. The summed E-state index contributed by atoms with van der Waals surface area (Å²) in [4.78, 5) is 7.86. The topological polar surface area (TPSA) is 86.5 Å². The van der Waals surface area contributed by atoms with Gasteiger partial charge in [-0.1, -0.05) is 19.1 Å². The largest absolute Gasteiger partial charge is 0.573 e. The number of rotatable bonds is 5. The first-order valence-corrected chi connectivity index (χ1v) is 11.4. The number of halogens is 6. The Hall–Kier alpha value is -3.68. The molecule has 0 aliphatic carbocycles. The molecule has 4 rings (SSSR count). The molecule has 3 heterocycles. The summed E-state index contributed by atoms with van der Waals surface area (Å²) < 4.78 is 107. The van der Waals surface area contributed by atoms with Gasteiger partial charge in [0.2, 0.25) is 5.82 Å². The van der Waals surface area contributed by atoms with E-state index in [9.17, 15) is 34.8 Å². The second-order valence-corrected chi connectivity index (χ2v) is 9.45. The predicted molar refractivity (Wildman–Crippen MR) is 111 cm³/mol. The SMILES string of the molecule is CCS(=O)(=O)c1cc(-c2cccc(OC(F)(F)F)c2)cnc1-c1nc2ccc(C(F)(F)F)cn2n1. The second-order valence-electron chi connectivity index (χ2n) is 7.20. The molecule has 0 aliphatic heterocycles. The zero-order valence-corrected chi connectivity index (χ0v) is 18.4. The minimum atomic E-state index is -4.92. The van der Waals surface area contributed by atoms with Gasteiger partial charge in [0.1, 0.15) is 11.4 Å². The van der Waals surface area contributed by atoms with Crippen LogP contribution in [-0.2, 0) is 16.0 Å². The van der Waals surface area contributed by atoms with E-state index in [1.165, 1.54) is 31.3 Å². The van der Waals surface area contributed by atoms with Gasteiger partial charge >= 0.3 is 12.5 Å². The van der Waals surface area contributed by atoms with Crippen LogP contribution in [0.4, 0.5) is 26.3 Å². The van der Waals surface area contributed by atoms with Crippen LogP contribution in [0.3, 0.4) is 0 Å². The first-order valence-electron chi connectivity index (χ1n) is 9.80. The molecule has 0 atom stereocenters. The number of ether oxygens (including phenoxy) is 1. The molecular weight excluding hydrogens is 502 g/mol. The lowest BCUT2D eigenvalue weighted by atomic mass is 10.1. The Morgan fingerprint density at radius 2 is 1.74 bits per heavy atom. The second kappa shape index (κ2) is 8.52.